The number of nitrogens with two attached hydrogens (primary N) is 1. The Labute approximate surface area is 276 Å². The van der Waals surface area contributed by atoms with Crippen LogP contribution in [0.2, 0.25) is 0 Å². The average molecular weight is 655 g/mol. The van der Waals surface area contributed by atoms with Gasteiger partial charge in [0, 0.05) is 46.0 Å². The molecule has 0 aromatic carbocycles. The Hall–Kier alpha value is -5.36. The van der Waals surface area contributed by atoms with Gasteiger partial charge in [-0.3, -0.25) is 19.2 Å². The molecule has 0 saturated carbocycles. The third kappa shape index (κ3) is 6.84. The van der Waals surface area contributed by atoms with E-state index in [1.807, 2.05) is 58.1 Å². The molecule has 252 valence electrons. The molecule has 48 heavy (non-hydrogen) atoms. The van der Waals surface area contributed by atoms with E-state index in [-0.39, 0.29) is 31.5 Å². The number of aromatic nitrogens is 4. The van der Waals surface area contributed by atoms with Gasteiger partial charge in [-0.25, -0.2) is 0 Å². The van der Waals surface area contributed by atoms with Crippen molar-refractivity contribution in [2.45, 2.75) is 79.3 Å². The van der Waals surface area contributed by atoms with Gasteiger partial charge in [-0.05, 0) is 118 Å². The number of aryl methyl sites for hydroxylation is 2. The summed E-state index contributed by atoms with van der Waals surface area (Å²) in [5.74, 6) is -2.58. The van der Waals surface area contributed by atoms with Crippen molar-refractivity contribution >= 4 is 47.4 Å². The summed E-state index contributed by atoms with van der Waals surface area (Å²) in [6, 6.07) is 2.17. The van der Waals surface area contributed by atoms with E-state index in [1.165, 1.54) is 0 Å². The van der Waals surface area contributed by atoms with Crippen molar-refractivity contribution in [3.8, 4) is 0 Å². The first-order chi connectivity index (χ1) is 22.6. The largest absolute Gasteiger partial charge is 0.481 e. The lowest BCUT2D eigenvalue weighted by atomic mass is 10.00. The van der Waals surface area contributed by atoms with Gasteiger partial charge in [0.05, 0.1) is 28.7 Å². The Morgan fingerprint density at radius 2 is 1.40 bits per heavy atom. The van der Waals surface area contributed by atoms with Crippen molar-refractivity contribution in [2.75, 3.05) is 0 Å². The Morgan fingerprint density at radius 1 is 0.750 bits per heavy atom. The number of hydrogen-bond acceptors (Lipinski definition) is 5. The summed E-state index contributed by atoms with van der Waals surface area (Å²) in [6.45, 7) is 10.9. The lowest BCUT2D eigenvalue weighted by Gasteiger charge is -2.16. The zero-order chi connectivity index (χ0) is 35.0. The summed E-state index contributed by atoms with van der Waals surface area (Å²) >= 11 is 0. The van der Waals surface area contributed by atoms with E-state index in [9.17, 15) is 29.4 Å². The molecule has 9 N–H and O–H groups in total. The Bertz CT molecular complexity index is 2210. The number of hydrogen-bond donors (Lipinski definition) is 8. The highest BCUT2D eigenvalue weighted by Crippen LogP contribution is 2.23. The summed E-state index contributed by atoms with van der Waals surface area (Å²) in [6.07, 6.45) is 6.22. The molecule has 5 heterocycles. The number of carbonyl (C=O) groups excluding carboxylic acids is 2. The molecule has 0 fully saturated rings. The van der Waals surface area contributed by atoms with Crippen LogP contribution in [0.4, 0.5) is 0 Å². The molecule has 12 nitrogen and oxygen atoms in total. The first-order valence-corrected chi connectivity index (χ1v) is 15.9. The van der Waals surface area contributed by atoms with Crippen molar-refractivity contribution < 1.29 is 29.4 Å². The maximum atomic E-state index is 14.2. The van der Waals surface area contributed by atoms with Crippen molar-refractivity contribution in [3.05, 3.63) is 89.7 Å². The van der Waals surface area contributed by atoms with Gasteiger partial charge in [0.2, 0.25) is 5.91 Å². The fraction of sp³-hybridized carbons (Fsp3) is 0.333. The number of nitrogens with one attached hydrogen (secondary N) is 5. The van der Waals surface area contributed by atoms with Crippen molar-refractivity contribution in [1.82, 2.24) is 25.3 Å². The van der Waals surface area contributed by atoms with Crippen LogP contribution in [0.5, 0.6) is 0 Å². The fourth-order valence-electron chi connectivity index (χ4n) is 6.24. The lowest BCUT2D eigenvalue weighted by Crippen LogP contribution is -2.46. The molecule has 1 amide bonds. The zero-order valence-corrected chi connectivity index (χ0v) is 28.0. The first-order valence-electron chi connectivity index (χ1n) is 15.9. The Kier molecular flexibility index (Phi) is 9.49. The van der Waals surface area contributed by atoms with Crippen molar-refractivity contribution in [1.29, 1.82) is 0 Å². The number of carboxylic acids is 2. The maximum absolute atomic E-state index is 14.2. The van der Waals surface area contributed by atoms with Crippen LogP contribution >= 0.6 is 0 Å². The smallest absolute Gasteiger partial charge is 0.303 e. The van der Waals surface area contributed by atoms with Gasteiger partial charge in [0.15, 0.2) is 5.78 Å². The third-order valence-corrected chi connectivity index (χ3v) is 8.98. The summed E-state index contributed by atoms with van der Waals surface area (Å²) in [5.41, 5.74) is 14.0. The van der Waals surface area contributed by atoms with Crippen LogP contribution in [0.15, 0.2) is 12.1 Å². The van der Waals surface area contributed by atoms with Crippen LogP contribution in [0.1, 0.15) is 82.8 Å². The highest BCUT2D eigenvalue weighted by Gasteiger charge is 2.25. The molecule has 0 saturated heterocycles. The van der Waals surface area contributed by atoms with Gasteiger partial charge in [0.25, 0.3) is 0 Å². The standard InChI is InChI=1S/C36H42N6O6/c1-16-12-30-33(35(47)21(6)38-36(48)20(5)37)34-17(2)11-22(39-34)13-26-18(3)23(7-9-31(43)44)28(41-26)15-29-24(8-10-32(45)46)19(4)27(42-29)14-25(16)40-30/h11-15,20-21,39-42H,7-10,37H2,1-6H3,(H,38,48)(H,43,44)(H,45,46)/t20-,21-/m0/s1. The minimum atomic E-state index is -0.913. The number of amides is 1. The van der Waals surface area contributed by atoms with E-state index in [1.54, 1.807) is 13.8 Å². The number of carbonyl (C=O) groups is 4. The monoisotopic (exact) mass is 654 g/mol. The summed E-state index contributed by atoms with van der Waals surface area (Å²) in [4.78, 5) is 63.6. The molecule has 0 aliphatic carbocycles. The van der Waals surface area contributed by atoms with Crippen LogP contribution < -0.4 is 32.4 Å². The maximum Gasteiger partial charge on any atom is 0.303 e. The van der Waals surface area contributed by atoms with Crippen LogP contribution in [0.3, 0.4) is 0 Å². The zero-order valence-electron chi connectivity index (χ0n) is 28.0. The summed E-state index contributed by atoms with van der Waals surface area (Å²) < 4.78 is 0. The molecule has 4 aromatic heterocycles. The molecule has 1 aliphatic rings. The number of rotatable bonds is 10. The number of H-pyrrole nitrogens is 4. The van der Waals surface area contributed by atoms with Gasteiger partial charge in [0.1, 0.15) is 0 Å². The van der Waals surface area contributed by atoms with E-state index in [2.05, 4.69) is 25.3 Å². The SMILES string of the molecule is Cc1cc2[nH]c1C=c1[nH]c(c(CCC(=O)O)c1C)=Cc1[nH]c(c(C)c1CCC(=O)O)C=c1cc(C)c([nH]1)=C2C(=O)[C@H](C)NC(=O)[C@H](C)N. The van der Waals surface area contributed by atoms with E-state index >= 15 is 0 Å². The predicted molar refractivity (Wildman–Crippen MR) is 182 cm³/mol. The molecular formula is C36H42N6O6. The number of fused-ring (bicyclic) bond motifs is 8. The highest BCUT2D eigenvalue weighted by molar-refractivity contribution is 6.22. The Balaban J connectivity index is 1.85. The van der Waals surface area contributed by atoms with Crippen LogP contribution in [0, 0.1) is 27.7 Å². The summed E-state index contributed by atoms with van der Waals surface area (Å²) in [7, 11) is 0. The number of aromatic amines is 4. The van der Waals surface area contributed by atoms with Crippen LogP contribution in [0.25, 0.3) is 23.8 Å². The van der Waals surface area contributed by atoms with Gasteiger partial charge in [-0.2, -0.15) is 0 Å². The lowest BCUT2D eigenvalue weighted by molar-refractivity contribution is -0.138. The average Bonchev–Trinajstić information content (AvgIpc) is 3.71. The molecule has 12 heteroatoms. The first kappa shape index (κ1) is 34.0. The molecule has 8 bridgehead atoms. The second kappa shape index (κ2) is 13.4. The van der Waals surface area contributed by atoms with Crippen molar-refractivity contribution in [3.63, 3.8) is 0 Å². The summed E-state index contributed by atoms with van der Waals surface area (Å²) in [5, 5.41) is 24.5. The molecule has 0 radical (unpaired) electrons. The van der Waals surface area contributed by atoms with Gasteiger partial charge in [-0.1, -0.05) is 0 Å². The van der Waals surface area contributed by atoms with Crippen molar-refractivity contribution in [2.24, 2.45) is 5.73 Å². The minimum Gasteiger partial charge on any atom is -0.481 e. The van der Waals surface area contributed by atoms with E-state index < -0.39 is 29.9 Å². The fourth-order valence-corrected chi connectivity index (χ4v) is 6.24. The van der Waals surface area contributed by atoms with Crippen LogP contribution in [-0.2, 0) is 32.0 Å². The molecular weight excluding hydrogens is 612 g/mol. The number of ketones is 1. The quantitative estimate of drug-likeness (QED) is 0.123. The van der Waals surface area contributed by atoms with E-state index in [4.69, 9.17) is 5.73 Å². The molecule has 2 atom stereocenters. The molecule has 4 aromatic rings. The molecule has 1 aliphatic heterocycles. The second-order valence-corrected chi connectivity index (χ2v) is 12.7. The van der Waals surface area contributed by atoms with Gasteiger partial charge < -0.3 is 41.2 Å². The van der Waals surface area contributed by atoms with E-state index in [0.29, 0.717) is 22.0 Å². The number of carboxylic acid groups (broad SMARTS) is 2. The third-order valence-electron chi connectivity index (χ3n) is 8.98. The normalized spacial score (nSPS) is 13.6. The molecule has 0 spiro atoms. The minimum absolute atomic E-state index is 0.0638. The van der Waals surface area contributed by atoms with E-state index in [0.717, 1.165) is 61.2 Å². The van der Waals surface area contributed by atoms with Gasteiger partial charge in [-0.15, -0.1) is 0 Å². The predicted octanol–water partition coefficient (Wildman–Crippen LogP) is 0.687. The molecule has 5 rings (SSSR count). The number of aliphatic carboxylic acids is 2. The van der Waals surface area contributed by atoms with Gasteiger partial charge >= 0.3 is 11.9 Å². The Morgan fingerprint density at radius 3 is 2.04 bits per heavy atom. The number of Topliss-reactive ketones (excluding diaryl/α,β-unsaturated/α-hetero) is 1. The topological polar surface area (TPSA) is 210 Å². The highest BCUT2D eigenvalue weighted by atomic mass is 16.4. The second-order valence-electron chi connectivity index (χ2n) is 12.7. The molecule has 0 unspecified atom stereocenters. The van der Waals surface area contributed by atoms with Crippen LogP contribution in [-0.4, -0.2) is 65.9 Å².